The van der Waals surface area contributed by atoms with Crippen LogP contribution in [0.3, 0.4) is 0 Å². The lowest BCUT2D eigenvalue weighted by Crippen LogP contribution is -2.43. The van der Waals surface area contributed by atoms with Crippen molar-refractivity contribution in [2.75, 3.05) is 26.0 Å². The third kappa shape index (κ3) is 4.20. The Morgan fingerprint density at radius 1 is 1.50 bits per heavy atom. The van der Waals surface area contributed by atoms with Gasteiger partial charge in [0, 0.05) is 17.9 Å². The first-order valence-electron chi connectivity index (χ1n) is 5.60. The predicted molar refractivity (Wildman–Crippen MR) is 64.0 cm³/mol. The number of hydrogen-bond donors (Lipinski definition) is 1. The maximum Gasteiger partial charge on any atom is 0.0600 e. The maximum absolute atomic E-state index is 5.51. The largest absolute Gasteiger partial charge is 0.380 e. The molecule has 0 saturated carbocycles. The molecule has 0 aromatic carbocycles. The van der Waals surface area contributed by atoms with Crippen LogP contribution in [0.5, 0.6) is 0 Å². The molecule has 0 aromatic rings. The second-order valence-corrected chi connectivity index (χ2v) is 5.70. The summed E-state index contributed by atoms with van der Waals surface area (Å²) in [4.78, 5) is 0. The lowest BCUT2D eigenvalue weighted by molar-refractivity contribution is 0.0850. The van der Waals surface area contributed by atoms with Gasteiger partial charge in [0.2, 0.25) is 0 Å². The summed E-state index contributed by atoms with van der Waals surface area (Å²) in [7, 11) is 2.06. The monoisotopic (exact) mass is 217 g/mol. The Bertz CT molecular complexity index is 152. The van der Waals surface area contributed by atoms with Gasteiger partial charge in [0.25, 0.3) is 0 Å². The van der Waals surface area contributed by atoms with E-state index in [2.05, 4.69) is 38.0 Å². The molecule has 1 fully saturated rings. The van der Waals surface area contributed by atoms with Crippen LogP contribution in [0.2, 0.25) is 0 Å². The molecular weight excluding hydrogens is 194 g/mol. The minimum Gasteiger partial charge on any atom is -0.380 e. The highest BCUT2D eigenvalue weighted by atomic mass is 32.2. The van der Waals surface area contributed by atoms with Gasteiger partial charge in [0.05, 0.1) is 6.61 Å². The molecule has 2 nitrogen and oxygen atoms in total. The van der Waals surface area contributed by atoms with Gasteiger partial charge in [-0.1, -0.05) is 13.8 Å². The molecule has 14 heavy (non-hydrogen) atoms. The van der Waals surface area contributed by atoms with Gasteiger partial charge in [-0.05, 0) is 31.6 Å². The van der Waals surface area contributed by atoms with Crippen molar-refractivity contribution in [3.63, 3.8) is 0 Å². The topological polar surface area (TPSA) is 21.3 Å². The van der Waals surface area contributed by atoms with Crippen LogP contribution in [0, 0.1) is 5.92 Å². The van der Waals surface area contributed by atoms with Gasteiger partial charge in [-0.15, -0.1) is 0 Å². The highest BCUT2D eigenvalue weighted by Gasteiger charge is 2.24. The fraction of sp³-hybridized carbons (Fsp3) is 1.00. The van der Waals surface area contributed by atoms with Crippen LogP contribution in [0.1, 0.15) is 26.7 Å². The van der Waals surface area contributed by atoms with Crippen molar-refractivity contribution in [2.24, 2.45) is 5.92 Å². The zero-order valence-electron chi connectivity index (χ0n) is 9.58. The van der Waals surface area contributed by atoms with Gasteiger partial charge in [-0.2, -0.15) is 11.8 Å². The van der Waals surface area contributed by atoms with Crippen LogP contribution in [-0.2, 0) is 4.74 Å². The Hall–Kier alpha value is 0.270. The fourth-order valence-electron chi connectivity index (χ4n) is 1.66. The quantitative estimate of drug-likeness (QED) is 0.762. The fourth-order valence-corrected chi connectivity index (χ4v) is 3.27. The first-order chi connectivity index (χ1) is 6.74. The number of nitrogens with one attached hydrogen (secondary N) is 1. The first kappa shape index (κ1) is 12.3. The molecule has 0 amide bonds. The molecule has 2 unspecified atom stereocenters. The van der Waals surface area contributed by atoms with E-state index in [1.165, 1.54) is 12.2 Å². The summed E-state index contributed by atoms with van der Waals surface area (Å²) in [5, 5.41) is 4.05. The smallest absolute Gasteiger partial charge is 0.0600 e. The minimum absolute atomic E-state index is 0.654. The summed E-state index contributed by atoms with van der Waals surface area (Å²) >= 11 is 2.07. The normalized spacial score (nSPS) is 28.3. The Balaban J connectivity index is 2.19. The molecule has 2 atom stereocenters. The van der Waals surface area contributed by atoms with Crippen molar-refractivity contribution in [2.45, 2.75) is 38.0 Å². The van der Waals surface area contributed by atoms with E-state index in [-0.39, 0.29) is 0 Å². The summed E-state index contributed by atoms with van der Waals surface area (Å²) in [6, 6.07) is 0.654. The van der Waals surface area contributed by atoms with Crippen LogP contribution >= 0.6 is 11.8 Å². The summed E-state index contributed by atoms with van der Waals surface area (Å²) in [5.41, 5.74) is 0. The van der Waals surface area contributed by atoms with Crippen LogP contribution in [0.4, 0.5) is 0 Å². The van der Waals surface area contributed by atoms with Gasteiger partial charge < -0.3 is 10.1 Å². The van der Waals surface area contributed by atoms with Gasteiger partial charge in [0.15, 0.2) is 0 Å². The third-order valence-corrected chi connectivity index (χ3v) is 4.07. The Morgan fingerprint density at radius 2 is 2.29 bits per heavy atom. The molecule has 3 heteroatoms. The van der Waals surface area contributed by atoms with Crippen LogP contribution < -0.4 is 5.32 Å². The molecule has 1 heterocycles. The molecule has 0 spiro atoms. The summed E-state index contributed by atoms with van der Waals surface area (Å²) in [6.07, 6.45) is 2.48. The lowest BCUT2D eigenvalue weighted by atomic mass is 10.1. The lowest BCUT2D eigenvalue weighted by Gasteiger charge is -2.30. The number of ether oxygens (including phenoxy) is 1. The van der Waals surface area contributed by atoms with Gasteiger partial charge >= 0.3 is 0 Å². The number of thioether (sulfide) groups is 1. The van der Waals surface area contributed by atoms with E-state index >= 15 is 0 Å². The van der Waals surface area contributed by atoms with Crippen molar-refractivity contribution in [1.29, 1.82) is 0 Å². The van der Waals surface area contributed by atoms with Crippen molar-refractivity contribution in [1.82, 2.24) is 5.32 Å². The number of hydrogen-bond acceptors (Lipinski definition) is 3. The number of rotatable bonds is 5. The van der Waals surface area contributed by atoms with E-state index in [1.807, 2.05) is 0 Å². The van der Waals surface area contributed by atoms with E-state index in [4.69, 9.17) is 4.74 Å². The van der Waals surface area contributed by atoms with E-state index in [1.54, 1.807) is 0 Å². The predicted octanol–water partition coefficient (Wildman–Crippen LogP) is 2.14. The Kier molecular flexibility index (Phi) is 5.90. The van der Waals surface area contributed by atoms with Crippen LogP contribution in [0.15, 0.2) is 0 Å². The zero-order chi connectivity index (χ0) is 10.4. The molecule has 1 rings (SSSR count). The molecule has 1 aliphatic rings. The molecule has 0 bridgehead atoms. The minimum atomic E-state index is 0.654. The van der Waals surface area contributed by atoms with E-state index in [9.17, 15) is 0 Å². The molecule has 1 N–H and O–H groups in total. The molecule has 1 saturated heterocycles. The van der Waals surface area contributed by atoms with E-state index in [0.29, 0.717) is 11.3 Å². The third-order valence-electron chi connectivity index (χ3n) is 2.70. The van der Waals surface area contributed by atoms with Crippen molar-refractivity contribution in [3.05, 3.63) is 0 Å². The van der Waals surface area contributed by atoms with Crippen molar-refractivity contribution >= 4 is 11.8 Å². The zero-order valence-corrected chi connectivity index (χ0v) is 10.4. The van der Waals surface area contributed by atoms with Crippen LogP contribution in [0.25, 0.3) is 0 Å². The van der Waals surface area contributed by atoms with Gasteiger partial charge in [-0.25, -0.2) is 0 Å². The van der Waals surface area contributed by atoms with Crippen molar-refractivity contribution < 1.29 is 4.74 Å². The summed E-state index contributed by atoms with van der Waals surface area (Å²) in [5.74, 6) is 2.09. The average Bonchev–Trinajstić information content (AvgIpc) is 2.18. The van der Waals surface area contributed by atoms with Gasteiger partial charge in [0.1, 0.15) is 0 Å². The standard InChI is InChI=1S/C11H23NOS/c1-9(2)5-7-14-11-8-13-6-4-10(11)12-3/h9-12H,4-8H2,1-3H3. The van der Waals surface area contributed by atoms with E-state index in [0.717, 1.165) is 25.6 Å². The molecule has 0 radical (unpaired) electrons. The molecule has 0 aliphatic carbocycles. The molecular formula is C11H23NOS. The average molecular weight is 217 g/mol. The highest BCUT2D eigenvalue weighted by molar-refractivity contribution is 8.00. The Labute approximate surface area is 92.2 Å². The molecule has 1 aliphatic heterocycles. The Morgan fingerprint density at radius 3 is 2.93 bits per heavy atom. The maximum atomic E-state index is 5.51. The summed E-state index contributed by atoms with van der Waals surface area (Å²) in [6.45, 7) is 6.42. The highest BCUT2D eigenvalue weighted by Crippen LogP contribution is 2.23. The first-order valence-corrected chi connectivity index (χ1v) is 6.65. The SMILES string of the molecule is CNC1CCOCC1SCCC(C)C. The second kappa shape index (κ2) is 6.70. The van der Waals surface area contributed by atoms with E-state index < -0.39 is 0 Å². The molecule has 84 valence electrons. The van der Waals surface area contributed by atoms with Crippen molar-refractivity contribution in [3.8, 4) is 0 Å². The van der Waals surface area contributed by atoms with Crippen LogP contribution in [-0.4, -0.2) is 37.3 Å². The van der Waals surface area contributed by atoms with Gasteiger partial charge in [-0.3, -0.25) is 0 Å². The molecule has 0 aromatic heterocycles. The summed E-state index contributed by atoms with van der Waals surface area (Å²) < 4.78 is 5.51. The second-order valence-electron chi connectivity index (χ2n) is 4.35.